The molecule has 0 aliphatic carbocycles. The van der Waals surface area contributed by atoms with Crippen molar-refractivity contribution in [2.75, 3.05) is 6.54 Å². The van der Waals surface area contributed by atoms with E-state index in [0.29, 0.717) is 6.04 Å². The molecule has 0 spiro atoms. The van der Waals surface area contributed by atoms with Crippen LogP contribution in [0.15, 0.2) is 12.2 Å². The summed E-state index contributed by atoms with van der Waals surface area (Å²) >= 11 is 0. The van der Waals surface area contributed by atoms with E-state index in [1.54, 1.807) is 0 Å². The summed E-state index contributed by atoms with van der Waals surface area (Å²) in [7, 11) is 0. The highest BCUT2D eigenvalue weighted by atomic mass is 14.9. The number of nitrogens with one attached hydrogen (secondary N) is 1. The zero-order chi connectivity index (χ0) is 8.85. The number of hydrogen-bond donors (Lipinski definition) is 1. The van der Waals surface area contributed by atoms with Gasteiger partial charge in [0.1, 0.15) is 0 Å². The molecule has 0 saturated heterocycles. The third kappa shape index (κ3) is 5.02. The van der Waals surface area contributed by atoms with Gasteiger partial charge in [-0.1, -0.05) is 32.9 Å². The Hall–Kier alpha value is -0.300. The second kappa shape index (κ2) is 5.36. The van der Waals surface area contributed by atoms with Crippen LogP contribution in [-0.2, 0) is 0 Å². The van der Waals surface area contributed by atoms with Crippen LogP contribution in [-0.4, -0.2) is 12.6 Å². The van der Waals surface area contributed by atoms with Crippen molar-refractivity contribution in [2.24, 2.45) is 5.92 Å². The standard InChI is InChI=1S/C10H21N/c1-6-10(9(4)5)11-7-8(2)3/h9-11H,2,6-7H2,1,3-5H3. The summed E-state index contributed by atoms with van der Waals surface area (Å²) in [6.45, 7) is 13.6. The maximum absolute atomic E-state index is 3.86. The average Bonchev–Trinajstić information content (AvgIpc) is 1.87. The van der Waals surface area contributed by atoms with Gasteiger partial charge in [0.2, 0.25) is 0 Å². The molecule has 0 bridgehead atoms. The van der Waals surface area contributed by atoms with Gasteiger partial charge in [-0.25, -0.2) is 0 Å². The monoisotopic (exact) mass is 155 g/mol. The lowest BCUT2D eigenvalue weighted by Gasteiger charge is -2.20. The molecule has 0 fully saturated rings. The molecule has 1 unspecified atom stereocenters. The molecule has 0 aliphatic heterocycles. The second-order valence-electron chi connectivity index (χ2n) is 3.60. The summed E-state index contributed by atoms with van der Waals surface area (Å²) in [5, 5.41) is 3.47. The van der Waals surface area contributed by atoms with Gasteiger partial charge in [-0.05, 0) is 19.3 Å². The SMILES string of the molecule is C=C(C)CNC(CC)C(C)C. The van der Waals surface area contributed by atoms with E-state index in [9.17, 15) is 0 Å². The van der Waals surface area contributed by atoms with Crippen molar-refractivity contribution < 1.29 is 0 Å². The first-order chi connectivity index (χ1) is 5.07. The van der Waals surface area contributed by atoms with Crippen molar-refractivity contribution >= 4 is 0 Å². The molecule has 1 nitrogen and oxygen atoms in total. The highest BCUT2D eigenvalue weighted by Gasteiger charge is 2.08. The third-order valence-corrected chi connectivity index (χ3v) is 1.91. The third-order valence-electron chi connectivity index (χ3n) is 1.91. The molecule has 0 aromatic rings. The smallest absolute Gasteiger partial charge is 0.0161 e. The first kappa shape index (κ1) is 10.7. The van der Waals surface area contributed by atoms with Gasteiger partial charge in [0, 0.05) is 12.6 Å². The van der Waals surface area contributed by atoms with Crippen molar-refractivity contribution in [3.63, 3.8) is 0 Å². The topological polar surface area (TPSA) is 12.0 Å². The minimum absolute atomic E-state index is 0.645. The molecular formula is C10H21N. The Morgan fingerprint density at radius 3 is 2.27 bits per heavy atom. The van der Waals surface area contributed by atoms with Crippen LogP contribution in [0.4, 0.5) is 0 Å². The lowest BCUT2D eigenvalue weighted by molar-refractivity contribution is 0.401. The Kier molecular flexibility index (Phi) is 5.22. The molecule has 0 heterocycles. The zero-order valence-electron chi connectivity index (χ0n) is 8.28. The van der Waals surface area contributed by atoms with Crippen LogP contribution in [0.25, 0.3) is 0 Å². The fraction of sp³-hybridized carbons (Fsp3) is 0.800. The van der Waals surface area contributed by atoms with E-state index in [2.05, 4.69) is 39.6 Å². The summed E-state index contributed by atoms with van der Waals surface area (Å²) < 4.78 is 0. The van der Waals surface area contributed by atoms with Crippen LogP contribution in [0, 0.1) is 5.92 Å². The van der Waals surface area contributed by atoms with Gasteiger partial charge in [-0.2, -0.15) is 0 Å². The maximum Gasteiger partial charge on any atom is 0.0161 e. The van der Waals surface area contributed by atoms with E-state index >= 15 is 0 Å². The number of rotatable bonds is 5. The van der Waals surface area contributed by atoms with E-state index in [0.717, 1.165) is 12.5 Å². The normalized spacial score (nSPS) is 13.5. The lowest BCUT2D eigenvalue weighted by atomic mass is 10.0. The van der Waals surface area contributed by atoms with Crippen LogP contribution in [0.2, 0.25) is 0 Å². The van der Waals surface area contributed by atoms with Crippen molar-refractivity contribution in [3.8, 4) is 0 Å². The maximum atomic E-state index is 3.86. The molecule has 0 radical (unpaired) electrons. The molecule has 0 rings (SSSR count). The lowest BCUT2D eigenvalue weighted by Crippen LogP contribution is -2.34. The van der Waals surface area contributed by atoms with Crippen molar-refractivity contribution in [3.05, 3.63) is 12.2 Å². The fourth-order valence-corrected chi connectivity index (χ4v) is 1.16. The Morgan fingerprint density at radius 2 is 2.00 bits per heavy atom. The zero-order valence-corrected chi connectivity index (χ0v) is 8.28. The van der Waals surface area contributed by atoms with Crippen molar-refractivity contribution in [2.45, 2.75) is 40.2 Å². The van der Waals surface area contributed by atoms with Crippen LogP contribution in [0.3, 0.4) is 0 Å². The van der Waals surface area contributed by atoms with Crippen molar-refractivity contribution in [1.82, 2.24) is 5.32 Å². The van der Waals surface area contributed by atoms with Gasteiger partial charge in [0.15, 0.2) is 0 Å². The molecule has 11 heavy (non-hydrogen) atoms. The van der Waals surface area contributed by atoms with Gasteiger partial charge in [0.05, 0.1) is 0 Å². The van der Waals surface area contributed by atoms with E-state index in [-0.39, 0.29) is 0 Å². The van der Waals surface area contributed by atoms with Gasteiger partial charge in [0.25, 0.3) is 0 Å². The first-order valence-corrected chi connectivity index (χ1v) is 4.45. The van der Waals surface area contributed by atoms with Crippen LogP contribution < -0.4 is 5.32 Å². The minimum Gasteiger partial charge on any atom is -0.310 e. The predicted octanol–water partition coefficient (Wildman–Crippen LogP) is 2.59. The summed E-state index contributed by atoms with van der Waals surface area (Å²) in [5.41, 5.74) is 1.21. The number of hydrogen-bond acceptors (Lipinski definition) is 1. The quantitative estimate of drug-likeness (QED) is 0.602. The second-order valence-corrected chi connectivity index (χ2v) is 3.60. The van der Waals surface area contributed by atoms with Crippen LogP contribution in [0.1, 0.15) is 34.1 Å². The minimum atomic E-state index is 0.645. The molecule has 0 saturated carbocycles. The van der Waals surface area contributed by atoms with E-state index in [1.807, 2.05) is 0 Å². The summed E-state index contributed by atoms with van der Waals surface area (Å²) in [6, 6.07) is 0.645. The molecule has 0 aromatic carbocycles. The fourth-order valence-electron chi connectivity index (χ4n) is 1.16. The van der Waals surface area contributed by atoms with Gasteiger partial charge < -0.3 is 5.32 Å². The Balaban J connectivity index is 3.61. The van der Waals surface area contributed by atoms with Crippen molar-refractivity contribution in [1.29, 1.82) is 0 Å². The molecule has 1 heteroatoms. The largest absolute Gasteiger partial charge is 0.310 e. The Bertz CT molecular complexity index is 116. The average molecular weight is 155 g/mol. The first-order valence-electron chi connectivity index (χ1n) is 4.45. The molecule has 1 atom stereocenters. The predicted molar refractivity (Wildman–Crippen MR) is 51.7 cm³/mol. The van der Waals surface area contributed by atoms with E-state index in [1.165, 1.54) is 12.0 Å². The molecule has 66 valence electrons. The molecule has 1 N–H and O–H groups in total. The van der Waals surface area contributed by atoms with Gasteiger partial charge in [-0.3, -0.25) is 0 Å². The van der Waals surface area contributed by atoms with E-state index in [4.69, 9.17) is 0 Å². The molecule has 0 aromatic heterocycles. The van der Waals surface area contributed by atoms with E-state index < -0.39 is 0 Å². The van der Waals surface area contributed by atoms with Crippen LogP contribution in [0.5, 0.6) is 0 Å². The molecule has 0 amide bonds. The molecular weight excluding hydrogens is 134 g/mol. The van der Waals surface area contributed by atoms with Gasteiger partial charge >= 0.3 is 0 Å². The van der Waals surface area contributed by atoms with Gasteiger partial charge in [-0.15, -0.1) is 0 Å². The summed E-state index contributed by atoms with van der Waals surface area (Å²) in [4.78, 5) is 0. The Labute approximate surface area is 70.9 Å². The summed E-state index contributed by atoms with van der Waals surface area (Å²) in [6.07, 6.45) is 1.20. The molecule has 0 aliphatic rings. The highest BCUT2D eigenvalue weighted by Crippen LogP contribution is 2.05. The Morgan fingerprint density at radius 1 is 1.45 bits per heavy atom. The van der Waals surface area contributed by atoms with Crippen LogP contribution >= 0.6 is 0 Å². The summed E-state index contributed by atoms with van der Waals surface area (Å²) in [5.74, 6) is 0.722. The highest BCUT2D eigenvalue weighted by molar-refractivity contribution is 4.91.